The summed E-state index contributed by atoms with van der Waals surface area (Å²) < 4.78 is 29.0. The van der Waals surface area contributed by atoms with Gasteiger partial charge in [0.2, 0.25) is 35.7 Å². The summed E-state index contributed by atoms with van der Waals surface area (Å²) in [6.45, 7) is -3.35. The van der Waals surface area contributed by atoms with E-state index in [2.05, 4.69) is 39.0 Å². The first-order valence-corrected chi connectivity index (χ1v) is 11.6. The van der Waals surface area contributed by atoms with Crippen LogP contribution in [0.25, 0.3) is 0 Å². The zero-order valence-electron chi connectivity index (χ0n) is 17.7. The second kappa shape index (κ2) is 13.7. The van der Waals surface area contributed by atoms with Crippen molar-refractivity contribution in [2.45, 2.75) is 0 Å². The average Bonchev–Trinajstić information content (AvgIpc) is 2.66. The van der Waals surface area contributed by atoms with E-state index in [0.29, 0.717) is 0 Å². The first kappa shape index (κ1) is 32.0. The molecule has 0 saturated heterocycles. The predicted molar refractivity (Wildman–Crippen MR) is 119 cm³/mol. The molecule has 2 aromatic heterocycles. The Hall–Kier alpha value is -3.04. The van der Waals surface area contributed by atoms with E-state index in [4.69, 9.17) is 64.2 Å². The van der Waals surface area contributed by atoms with Crippen LogP contribution in [0.3, 0.4) is 0 Å². The minimum absolute atomic E-state index is 0.0417. The van der Waals surface area contributed by atoms with Crippen molar-refractivity contribution in [3.05, 3.63) is 0 Å². The van der Waals surface area contributed by atoms with Crippen molar-refractivity contribution in [1.82, 2.24) is 29.9 Å². The van der Waals surface area contributed by atoms with Gasteiger partial charge >= 0.3 is 15.6 Å². The fourth-order valence-corrected chi connectivity index (χ4v) is 2.45. The van der Waals surface area contributed by atoms with E-state index in [1.807, 2.05) is 0 Å². The van der Waals surface area contributed by atoms with Gasteiger partial charge in [0.05, 0.1) is 31.8 Å². The second-order valence-corrected chi connectivity index (χ2v) is 8.64. The summed E-state index contributed by atoms with van der Waals surface area (Å²) in [5.41, 5.74) is 29.1. The number of aliphatic hydroxyl groups excluding tert-OH is 2. The SMILES string of the molecule is Nc1nc(N)nc(N)n1.Nc1nc(N)nc(N)n1.O=P(O)(O)OCC(CO)(CO)COP(=O)(O)O. The zero-order valence-corrected chi connectivity index (χ0v) is 19.5. The molecule has 2 rings (SSSR count). The van der Waals surface area contributed by atoms with Crippen LogP contribution in [0.2, 0.25) is 0 Å². The molecule has 200 valence electrons. The molecular weight excluding hydrogens is 522 g/mol. The van der Waals surface area contributed by atoms with Crippen molar-refractivity contribution in [2.75, 3.05) is 60.8 Å². The Morgan fingerprint density at radius 3 is 0.914 bits per heavy atom. The largest absolute Gasteiger partial charge is 0.469 e. The average molecular weight is 548 g/mol. The molecule has 18 N–H and O–H groups in total. The van der Waals surface area contributed by atoms with Gasteiger partial charge in [-0.2, -0.15) is 29.9 Å². The predicted octanol–water partition coefficient (Wildman–Crippen LogP) is -4.59. The second-order valence-electron chi connectivity index (χ2n) is 6.16. The third kappa shape index (κ3) is 15.5. The summed E-state index contributed by atoms with van der Waals surface area (Å²) in [5, 5.41) is 17.9. The van der Waals surface area contributed by atoms with Gasteiger partial charge in [-0.05, 0) is 0 Å². The molecule has 0 bridgehead atoms. The molecule has 0 aliphatic heterocycles. The zero-order chi connectivity index (χ0) is 27.4. The number of rotatable bonds is 8. The van der Waals surface area contributed by atoms with E-state index in [9.17, 15) is 9.13 Å². The summed E-state index contributed by atoms with van der Waals surface area (Å²) in [6, 6.07) is 0. The molecule has 35 heavy (non-hydrogen) atoms. The van der Waals surface area contributed by atoms with Crippen molar-refractivity contribution < 1.29 is 48.0 Å². The van der Waals surface area contributed by atoms with Gasteiger partial charge in [0.1, 0.15) is 0 Å². The van der Waals surface area contributed by atoms with E-state index in [-0.39, 0.29) is 35.7 Å². The van der Waals surface area contributed by atoms with E-state index < -0.39 is 47.5 Å². The molecule has 0 fully saturated rings. The third-order valence-electron chi connectivity index (χ3n) is 3.12. The molecule has 22 nitrogen and oxygen atoms in total. The van der Waals surface area contributed by atoms with Crippen LogP contribution < -0.4 is 34.4 Å². The molecule has 0 unspecified atom stereocenters. The maximum absolute atomic E-state index is 10.4. The van der Waals surface area contributed by atoms with Crippen LogP contribution in [0, 0.1) is 5.41 Å². The molecule has 2 aromatic rings. The molecule has 0 aliphatic carbocycles. The molecule has 0 aliphatic rings. The van der Waals surface area contributed by atoms with Crippen molar-refractivity contribution in [3.63, 3.8) is 0 Å². The van der Waals surface area contributed by atoms with Gasteiger partial charge in [-0.25, -0.2) is 9.13 Å². The van der Waals surface area contributed by atoms with Crippen LogP contribution in [-0.2, 0) is 18.2 Å². The van der Waals surface area contributed by atoms with Crippen molar-refractivity contribution >= 4 is 51.3 Å². The number of phosphoric acid groups is 2. The molecule has 0 radical (unpaired) electrons. The summed E-state index contributed by atoms with van der Waals surface area (Å²) in [4.78, 5) is 54.7. The van der Waals surface area contributed by atoms with Crippen LogP contribution in [0.5, 0.6) is 0 Å². The lowest BCUT2D eigenvalue weighted by Gasteiger charge is -2.28. The number of phosphoric ester groups is 2. The molecule has 0 aromatic carbocycles. The Balaban J connectivity index is 0.000000538. The summed E-state index contributed by atoms with van der Waals surface area (Å²) in [5.74, 6) is 0.250. The van der Waals surface area contributed by atoms with Crippen LogP contribution in [0.15, 0.2) is 0 Å². The number of nitrogens with zero attached hydrogens (tertiary/aromatic N) is 6. The normalized spacial score (nSPS) is 11.6. The lowest BCUT2D eigenvalue weighted by molar-refractivity contribution is -0.0307. The van der Waals surface area contributed by atoms with Gasteiger partial charge in [-0.15, -0.1) is 0 Å². The number of anilines is 6. The molecule has 0 atom stereocenters. The van der Waals surface area contributed by atoms with Gasteiger partial charge in [-0.3, -0.25) is 9.05 Å². The van der Waals surface area contributed by atoms with Gasteiger partial charge in [0.25, 0.3) is 0 Å². The maximum atomic E-state index is 10.4. The quantitative estimate of drug-likeness (QED) is 0.138. The van der Waals surface area contributed by atoms with Gasteiger partial charge in [0.15, 0.2) is 0 Å². The van der Waals surface area contributed by atoms with Crippen LogP contribution in [0.1, 0.15) is 0 Å². The molecule has 0 spiro atoms. The monoisotopic (exact) mass is 548 g/mol. The fourth-order valence-electron chi connectivity index (χ4n) is 1.57. The van der Waals surface area contributed by atoms with Crippen molar-refractivity contribution in [2.24, 2.45) is 5.41 Å². The lowest BCUT2D eigenvalue weighted by Crippen LogP contribution is -2.39. The van der Waals surface area contributed by atoms with Gasteiger partial charge in [-0.1, -0.05) is 0 Å². The first-order chi connectivity index (χ1) is 15.9. The minimum Gasteiger partial charge on any atom is -0.396 e. The smallest absolute Gasteiger partial charge is 0.396 e. The number of aliphatic hydroxyl groups is 2. The molecule has 24 heteroatoms. The minimum atomic E-state index is -4.82. The standard InChI is InChI=1S/C5H14O10P2.2C3H6N6/c6-1-5(2-7,3-14-16(8,9)10)4-15-17(11,12)13;2*4-1-7-2(5)9-3(6)8-1/h6-7H,1-4H2,(H2,8,9,10)(H2,11,12,13);2*(H6,4,5,6,7,8,9). The first-order valence-electron chi connectivity index (χ1n) is 8.57. The molecule has 0 saturated carbocycles. The van der Waals surface area contributed by atoms with Crippen LogP contribution >= 0.6 is 15.6 Å². The Morgan fingerprint density at radius 1 is 0.571 bits per heavy atom. The van der Waals surface area contributed by atoms with Crippen LogP contribution in [-0.4, -0.2) is 86.1 Å². The van der Waals surface area contributed by atoms with Gasteiger partial charge < -0.3 is 64.2 Å². The number of aromatic nitrogens is 6. The van der Waals surface area contributed by atoms with E-state index in [1.54, 1.807) is 0 Å². The number of nitrogen functional groups attached to an aromatic ring is 6. The maximum Gasteiger partial charge on any atom is 0.469 e. The highest BCUT2D eigenvalue weighted by atomic mass is 31.2. The van der Waals surface area contributed by atoms with Gasteiger partial charge in [0, 0.05) is 0 Å². The highest BCUT2D eigenvalue weighted by Crippen LogP contribution is 2.41. The topological polar surface area (TPSA) is 407 Å². The number of hydrogen-bond acceptors (Lipinski definition) is 18. The molecule has 2 heterocycles. The molecular formula is C11H26N12O10P2. The third-order valence-corrected chi connectivity index (χ3v) is 4.05. The Labute approximate surface area is 196 Å². The Kier molecular flexibility index (Phi) is 12.6. The number of hydrogen-bond donors (Lipinski definition) is 12. The summed E-state index contributed by atoms with van der Waals surface area (Å²) >= 11 is 0. The fraction of sp³-hybridized carbons (Fsp3) is 0.455. The van der Waals surface area contributed by atoms with E-state index in [1.165, 1.54) is 0 Å². The highest BCUT2D eigenvalue weighted by molar-refractivity contribution is 7.46. The number of nitrogens with two attached hydrogens (primary N) is 6. The summed E-state index contributed by atoms with van der Waals surface area (Å²) in [6.07, 6.45) is 0. The molecule has 0 amide bonds. The van der Waals surface area contributed by atoms with Crippen molar-refractivity contribution in [3.8, 4) is 0 Å². The summed E-state index contributed by atoms with van der Waals surface area (Å²) in [7, 11) is -9.65. The van der Waals surface area contributed by atoms with Crippen molar-refractivity contribution in [1.29, 1.82) is 0 Å². The van der Waals surface area contributed by atoms with Crippen LogP contribution in [0.4, 0.5) is 35.7 Å². The van der Waals surface area contributed by atoms with E-state index in [0.717, 1.165) is 0 Å². The van der Waals surface area contributed by atoms with E-state index >= 15 is 0 Å². The Morgan fingerprint density at radius 2 is 0.771 bits per heavy atom. The highest BCUT2D eigenvalue weighted by Gasteiger charge is 2.35. The lowest BCUT2D eigenvalue weighted by atomic mass is 9.93. The Bertz CT molecular complexity index is 854.